The Labute approximate surface area is 195 Å². The number of thioether (sulfide) groups is 1. The van der Waals surface area contributed by atoms with Gasteiger partial charge in [0.05, 0.1) is 20.7 Å². The van der Waals surface area contributed by atoms with Gasteiger partial charge in [0.15, 0.2) is 16.1 Å². The lowest BCUT2D eigenvalue weighted by atomic mass is 10.1. The summed E-state index contributed by atoms with van der Waals surface area (Å²) in [6.45, 7) is 4.50. The average Bonchev–Trinajstić information content (AvgIpc) is 3.54. The molecule has 0 spiro atoms. The molecule has 0 saturated carbocycles. The molecule has 9 nitrogen and oxygen atoms in total. The van der Waals surface area contributed by atoms with Gasteiger partial charge >= 0.3 is 0 Å². The molecule has 1 aromatic carbocycles. The van der Waals surface area contributed by atoms with Crippen molar-refractivity contribution in [3.8, 4) is 22.0 Å². The summed E-state index contributed by atoms with van der Waals surface area (Å²) in [5.74, 6) is 0.581. The third kappa shape index (κ3) is 4.71. The van der Waals surface area contributed by atoms with Crippen molar-refractivity contribution in [1.82, 2.24) is 19.7 Å². The average molecular weight is 487 g/mol. The van der Waals surface area contributed by atoms with Crippen molar-refractivity contribution in [1.29, 1.82) is 0 Å². The van der Waals surface area contributed by atoms with Gasteiger partial charge in [-0.05, 0) is 25.3 Å². The highest BCUT2D eigenvalue weighted by Gasteiger charge is 2.21. The quantitative estimate of drug-likeness (QED) is 0.207. The molecule has 0 aliphatic heterocycles. The van der Waals surface area contributed by atoms with Gasteiger partial charge in [0, 0.05) is 29.6 Å². The number of benzene rings is 1. The van der Waals surface area contributed by atoms with Gasteiger partial charge in [0.2, 0.25) is 5.91 Å². The van der Waals surface area contributed by atoms with Crippen molar-refractivity contribution in [3.05, 3.63) is 57.3 Å². The molecule has 0 fully saturated rings. The van der Waals surface area contributed by atoms with Crippen LogP contribution in [0.5, 0.6) is 0 Å². The van der Waals surface area contributed by atoms with E-state index in [9.17, 15) is 14.9 Å². The highest BCUT2D eigenvalue weighted by molar-refractivity contribution is 8.00. The second-order valence-electron chi connectivity index (χ2n) is 6.62. The van der Waals surface area contributed by atoms with E-state index >= 15 is 0 Å². The summed E-state index contributed by atoms with van der Waals surface area (Å²) in [7, 11) is 0. The van der Waals surface area contributed by atoms with Crippen LogP contribution in [-0.2, 0) is 11.3 Å². The van der Waals surface area contributed by atoms with Crippen LogP contribution in [-0.4, -0.2) is 35.8 Å². The van der Waals surface area contributed by atoms with Gasteiger partial charge in [-0.2, -0.15) is 0 Å². The molecule has 0 radical (unpaired) electrons. The van der Waals surface area contributed by atoms with Gasteiger partial charge in [-0.3, -0.25) is 14.9 Å². The lowest BCUT2D eigenvalue weighted by Gasteiger charge is -2.11. The topological polar surface area (TPSA) is 116 Å². The van der Waals surface area contributed by atoms with Gasteiger partial charge in [-0.1, -0.05) is 30.0 Å². The van der Waals surface area contributed by atoms with Crippen LogP contribution in [0.3, 0.4) is 0 Å². The van der Waals surface area contributed by atoms with Crippen LogP contribution in [0.4, 0.5) is 10.8 Å². The molecule has 12 heteroatoms. The molecule has 1 amide bonds. The molecule has 4 aromatic rings. The summed E-state index contributed by atoms with van der Waals surface area (Å²) in [6, 6.07) is 10.2. The Hall–Kier alpha value is -3.09. The molecular weight excluding hydrogens is 468 g/mol. The summed E-state index contributed by atoms with van der Waals surface area (Å²) < 4.78 is 1.99. The zero-order valence-electron chi connectivity index (χ0n) is 17.1. The second-order valence-corrected chi connectivity index (χ2v) is 9.74. The molecule has 0 bridgehead atoms. The molecule has 164 valence electrons. The molecule has 0 aliphatic rings. The standard InChI is InChI=1S/C20H18N6O3S3/c1-3-25-17(16-8-5-9-30-16)23-24-20(25)32-12(2)18(27)22-19-21-15(11-31-19)13-6-4-7-14(10-13)26(28)29/h4-12H,3H2,1-2H3,(H,21,22,27). The first-order valence-electron chi connectivity index (χ1n) is 9.61. The van der Waals surface area contributed by atoms with Crippen molar-refractivity contribution < 1.29 is 9.72 Å². The predicted molar refractivity (Wildman–Crippen MR) is 127 cm³/mol. The number of carbonyl (C=O) groups is 1. The highest BCUT2D eigenvalue weighted by atomic mass is 32.2. The van der Waals surface area contributed by atoms with Gasteiger partial charge in [-0.15, -0.1) is 32.9 Å². The minimum absolute atomic E-state index is 0.00642. The minimum atomic E-state index is -0.448. The monoisotopic (exact) mass is 486 g/mol. The SMILES string of the molecule is CCn1c(SC(C)C(=O)Nc2nc(-c3cccc([N+](=O)[O-])c3)cs2)nnc1-c1cccs1. The number of carbonyl (C=O) groups excluding carboxylic acids is 1. The number of aromatic nitrogens is 4. The normalized spacial score (nSPS) is 11.9. The van der Waals surface area contributed by atoms with E-state index in [4.69, 9.17) is 0 Å². The van der Waals surface area contributed by atoms with Crippen molar-refractivity contribution in [2.75, 3.05) is 5.32 Å². The number of amides is 1. The van der Waals surface area contributed by atoms with E-state index in [1.807, 2.05) is 29.0 Å². The fourth-order valence-electron chi connectivity index (χ4n) is 2.91. The number of nitro benzene ring substituents is 1. The summed E-state index contributed by atoms with van der Waals surface area (Å²) in [5, 5.41) is 26.8. The van der Waals surface area contributed by atoms with E-state index < -0.39 is 10.2 Å². The number of nitrogens with zero attached hydrogens (tertiary/aromatic N) is 5. The number of hydrogen-bond donors (Lipinski definition) is 1. The third-order valence-corrected chi connectivity index (χ3v) is 7.22. The van der Waals surface area contributed by atoms with Crippen LogP contribution in [0.1, 0.15) is 13.8 Å². The Balaban J connectivity index is 1.44. The molecule has 32 heavy (non-hydrogen) atoms. The van der Waals surface area contributed by atoms with Crippen LogP contribution in [0.25, 0.3) is 22.0 Å². The molecule has 3 heterocycles. The first kappa shape index (κ1) is 22.1. The molecule has 1 N–H and O–H groups in total. The molecular formula is C20H18N6O3S3. The van der Waals surface area contributed by atoms with Crippen LogP contribution < -0.4 is 5.32 Å². The van der Waals surface area contributed by atoms with Crippen molar-refractivity contribution >= 4 is 51.2 Å². The lowest BCUT2D eigenvalue weighted by Crippen LogP contribution is -2.22. The Morgan fingerprint density at radius 3 is 2.84 bits per heavy atom. The van der Waals surface area contributed by atoms with E-state index in [1.165, 1.54) is 35.2 Å². The lowest BCUT2D eigenvalue weighted by molar-refractivity contribution is -0.384. The minimum Gasteiger partial charge on any atom is -0.302 e. The van der Waals surface area contributed by atoms with E-state index in [-0.39, 0.29) is 11.6 Å². The van der Waals surface area contributed by atoms with Gasteiger partial charge < -0.3 is 9.88 Å². The van der Waals surface area contributed by atoms with Crippen LogP contribution in [0.15, 0.2) is 52.3 Å². The number of anilines is 1. The molecule has 4 rings (SSSR count). The summed E-state index contributed by atoms with van der Waals surface area (Å²) in [4.78, 5) is 28.7. The van der Waals surface area contributed by atoms with E-state index in [1.54, 1.807) is 35.8 Å². The van der Waals surface area contributed by atoms with Crippen LogP contribution in [0, 0.1) is 10.1 Å². The molecule has 3 aromatic heterocycles. The zero-order valence-corrected chi connectivity index (χ0v) is 19.5. The molecule has 0 saturated heterocycles. The van der Waals surface area contributed by atoms with Crippen LogP contribution >= 0.6 is 34.4 Å². The number of thiophene rings is 1. The van der Waals surface area contributed by atoms with Gasteiger partial charge in [0.1, 0.15) is 0 Å². The van der Waals surface area contributed by atoms with Crippen LogP contribution in [0.2, 0.25) is 0 Å². The van der Waals surface area contributed by atoms with Gasteiger partial charge in [0.25, 0.3) is 5.69 Å². The summed E-state index contributed by atoms with van der Waals surface area (Å²) in [6.07, 6.45) is 0. The Kier molecular flexibility index (Phi) is 6.63. The first-order valence-corrected chi connectivity index (χ1v) is 12.2. The van der Waals surface area contributed by atoms with E-state index in [0.717, 1.165) is 10.7 Å². The maximum absolute atomic E-state index is 12.7. The van der Waals surface area contributed by atoms with Crippen molar-refractivity contribution in [3.63, 3.8) is 0 Å². The molecule has 1 atom stereocenters. The number of nitrogens with one attached hydrogen (secondary N) is 1. The molecule has 1 unspecified atom stereocenters. The second kappa shape index (κ2) is 9.59. The Bertz CT molecular complexity index is 1250. The van der Waals surface area contributed by atoms with E-state index in [2.05, 4.69) is 20.5 Å². The summed E-state index contributed by atoms with van der Waals surface area (Å²) in [5.41, 5.74) is 1.18. The number of hydrogen-bond acceptors (Lipinski definition) is 9. The number of nitro groups is 1. The predicted octanol–water partition coefficient (Wildman–Crippen LogP) is 5.18. The third-order valence-electron chi connectivity index (χ3n) is 4.51. The fraction of sp³-hybridized carbons (Fsp3) is 0.200. The number of thiazole rings is 1. The van der Waals surface area contributed by atoms with E-state index in [0.29, 0.717) is 28.1 Å². The van der Waals surface area contributed by atoms with Crippen molar-refractivity contribution in [2.45, 2.75) is 30.8 Å². The Morgan fingerprint density at radius 2 is 2.12 bits per heavy atom. The number of rotatable bonds is 8. The maximum atomic E-state index is 12.7. The highest BCUT2D eigenvalue weighted by Crippen LogP contribution is 2.31. The zero-order chi connectivity index (χ0) is 22.7. The fourth-order valence-corrected chi connectivity index (χ4v) is 5.26. The Morgan fingerprint density at radius 1 is 1.28 bits per heavy atom. The smallest absolute Gasteiger partial charge is 0.270 e. The maximum Gasteiger partial charge on any atom is 0.270 e. The summed E-state index contributed by atoms with van der Waals surface area (Å²) >= 11 is 4.19. The molecule has 0 aliphatic carbocycles. The van der Waals surface area contributed by atoms with Gasteiger partial charge in [-0.25, -0.2) is 4.98 Å². The number of non-ortho nitro benzene ring substituents is 1. The largest absolute Gasteiger partial charge is 0.302 e. The first-order chi connectivity index (χ1) is 15.5. The van der Waals surface area contributed by atoms with Crippen molar-refractivity contribution in [2.24, 2.45) is 0 Å².